The Morgan fingerprint density at radius 1 is 1.53 bits per heavy atom. The number of nitrogens with zero attached hydrogens (tertiary/aromatic N) is 1. The average molecular weight is 222 g/mol. The SMILES string of the molecule is CC(=Cc1ccc2c(c1)CCN2C)CCl. The van der Waals surface area contributed by atoms with Crippen molar-refractivity contribution in [2.75, 3.05) is 24.4 Å². The predicted molar refractivity (Wildman–Crippen MR) is 67.8 cm³/mol. The van der Waals surface area contributed by atoms with Crippen molar-refractivity contribution in [2.45, 2.75) is 13.3 Å². The maximum Gasteiger partial charge on any atom is 0.0434 e. The van der Waals surface area contributed by atoms with Crippen LogP contribution in [0.15, 0.2) is 23.8 Å². The first-order valence-electron chi connectivity index (χ1n) is 5.28. The summed E-state index contributed by atoms with van der Waals surface area (Å²) in [5, 5.41) is 0. The Balaban J connectivity index is 2.31. The molecule has 80 valence electrons. The fourth-order valence-corrected chi connectivity index (χ4v) is 2.08. The maximum atomic E-state index is 5.77. The van der Waals surface area contributed by atoms with Gasteiger partial charge in [0.1, 0.15) is 0 Å². The first-order chi connectivity index (χ1) is 7.20. The first kappa shape index (κ1) is 10.6. The molecule has 0 aromatic heterocycles. The van der Waals surface area contributed by atoms with E-state index in [2.05, 4.69) is 43.1 Å². The number of benzene rings is 1. The quantitative estimate of drug-likeness (QED) is 0.693. The third kappa shape index (κ3) is 2.18. The number of anilines is 1. The van der Waals surface area contributed by atoms with Crippen LogP contribution < -0.4 is 4.90 Å². The Bertz CT molecular complexity index is 396. The van der Waals surface area contributed by atoms with Gasteiger partial charge in [0, 0.05) is 25.2 Å². The minimum absolute atomic E-state index is 0.608. The number of halogens is 1. The van der Waals surface area contributed by atoms with Gasteiger partial charge in [0.25, 0.3) is 0 Å². The van der Waals surface area contributed by atoms with E-state index in [9.17, 15) is 0 Å². The van der Waals surface area contributed by atoms with Crippen LogP contribution in [0.4, 0.5) is 5.69 Å². The Morgan fingerprint density at radius 2 is 2.33 bits per heavy atom. The predicted octanol–water partition coefficient (Wildman–Crippen LogP) is 3.32. The van der Waals surface area contributed by atoms with Gasteiger partial charge >= 0.3 is 0 Å². The van der Waals surface area contributed by atoms with Gasteiger partial charge in [-0.05, 0) is 36.6 Å². The zero-order valence-electron chi connectivity index (χ0n) is 9.26. The van der Waals surface area contributed by atoms with Gasteiger partial charge in [-0.1, -0.05) is 17.7 Å². The van der Waals surface area contributed by atoms with Crippen molar-refractivity contribution >= 4 is 23.4 Å². The molecule has 0 saturated heterocycles. The molecule has 1 nitrogen and oxygen atoms in total. The zero-order valence-corrected chi connectivity index (χ0v) is 10.0. The maximum absolute atomic E-state index is 5.77. The standard InChI is InChI=1S/C13H16ClN/c1-10(9-14)7-11-3-4-13-12(8-11)5-6-15(13)2/h3-4,7-8H,5-6,9H2,1-2H3. The van der Waals surface area contributed by atoms with Crippen LogP contribution >= 0.6 is 11.6 Å². The lowest BCUT2D eigenvalue weighted by Gasteiger charge is -2.11. The third-order valence-corrected chi connectivity index (χ3v) is 3.28. The zero-order chi connectivity index (χ0) is 10.8. The molecule has 1 aromatic rings. The second kappa shape index (κ2) is 4.28. The fraction of sp³-hybridized carbons (Fsp3) is 0.385. The Morgan fingerprint density at radius 3 is 3.07 bits per heavy atom. The molecule has 0 radical (unpaired) electrons. The number of rotatable bonds is 2. The van der Waals surface area contributed by atoms with E-state index in [4.69, 9.17) is 11.6 Å². The van der Waals surface area contributed by atoms with Crippen molar-refractivity contribution in [2.24, 2.45) is 0 Å². The van der Waals surface area contributed by atoms with Crippen molar-refractivity contribution in [3.63, 3.8) is 0 Å². The van der Waals surface area contributed by atoms with Gasteiger partial charge in [-0.2, -0.15) is 0 Å². The van der Waals surface area contributed by atoms with E-state index in [1.165, 1.54) is 22.4 Å². The van der Waals surface area contributed by atoms with Gasteiger partial charge in [-0.25, -0.2) is 0 Å². The molecule has 1 aliphatic rings. The second-order valence-corrected chi connectivity index (χ2v) is 4.45. The highest BCUT2D eigenvalue weighted by molar-refractivity contribution is 6.19. The van der Waals surface area contributed by atoms with Gasteiger partial charge in [-0.15, -0.1) is 11.6 Å². The van der Waals surface area contributed by atoms with Crippen LogP contribution in [0.25, 0.3) is 6.08 Å². The average Bonchev–Trinajstić information content (AvgIpc) is 2.60. The molecule has 0 atom stereocenters. The van der Waals surface area contributed by atoms with E-state index in [1.807, 2.05) is 0 Å². The van der Waals surface area contributed by atoms with Gasteiger partial charge in [0.2, 0.25) is 0 Å². The largest absolute Gasteiger partial charge is 0.374 e. The summed E-state index contributed by atoms with van der Waals surface area (Å²) in [6.07, 6.45) is 3.32. The molecule has 0 fully saturated rings. The molecule has 0 amide bonds. The van der Waals surface area contributed by atoms with E-state index >= 15 is 0 Å². The monoisotopic (exact) mass is 221 g/mol. The molecular formula is C13H16ClN. The van der Waals surface area contributed by atoms with Crippen molar-refractivity contribution in [3.05, 3.63) is 34.9 Å². The molecule has 2 heteroatoms. The number of hydrogen-bond donors (Lipinski definition) is 0. The summed E-state index contributed by atoms with van der Waals surface area (Å²) in [5.41, 5.74) is 5.30. The number of allylic oxidation sites excluding steroid dienone is 1. The molecule has 2 rings (SSSR count). The van der Waals surface area contributed by atoms with Crippen LogP contribution in [0.3, 0.4) is 0 Å². The molecule has 1 aliphatic heterocycles. The molecule has 0 saturated carbocycles. The van der Waals surface area contributed by atoms with Crippen molar-refractivity contribution in [1.29, 1.82) is 0 Å². The summed E-state index contributed by atoms with van der Waals surface area (Å²) in [5.74, 6) is 0.608. The van der Waals surface area contributed by atoms with Crippen molar-refractivity contribution < 1.29 is 0 Å². The molecule has 0 aliphatic carbocycles. The summed E-state index contributed by atoms with van der Waals surface area (Å²) in [6.45, 7) is 3.20. The third-order valence-electron chi connectivity index (χ3n) is 2.86. The van der Waals surface area contributed by atoms with Crippen LogP contribution in [0.2, 0.25) is 0 Å². The lowest BCUT2D eigenvalue weighted by Crippen LogP contribution is -2.12. The Kier molecular flexibility index (Phi) is 3.01. The molecule has 1 heterocycles. The van der Waals surface area contributed by atoms with Gasteiger partial charge < -0.3 is 4.90 Å². The highest BCUT2D eigenvalue weighted by Gasteiger charge is 2.14. The number of likely N-dealkylation sites (N-methyl/N-ethyl adjacent to an activating group) is 1. The van der Waals surface area contributed by atoms with E-state index in [1.54, 1.807) is 0 Å². The lowest BCUT2D eigenvalue weighted by atomic mass is 10.1. The smallest absolute Gasteiger partial charge is 0.0434 e. The lowest BCUT2D eigenvalue weighted by molar-refractivity contribution is 0.956. The summed E-state index contributed by atoms with van der Waals surface area (Å²) in [4.78, 5) is 2.30. The van der Waals surface area contributed by atoms with E-state index in [0.29, 0.717) is 5.88 Å². The summed E-state index contributed by atoms with van der Waals surface area (Å²) < 4.78 is 0. The first-order valence-corrected chi connectivity index (χ1v) is 5.81. The Hall–Kier alpha value is -0.950. The molecular weight excluding hydrogens is 206 g/mol. The number of alkyl halides is 1. The van der Waals surface area contributed by atoms with Crippen LogP contribution in [0.1, 0.15) is 18.1 Å². The van der Waals surface area contributed by atoms with Crippen LogP contribution in [0.5, 0.6) is 0 Å². The minimum Gasteiger partial charge on any atom is -0.374 e. The highest BCUT2D eigenvalue weighted by Crippen LogP contribution is 2.28. The van der Waals surface area contributed by atoms with Crippen LogP contribution in [0, 0.1) is 0 Å². The van der Waals surface area contributed by atoms with Gasteiger partial charge in [-0.3, -0.25) is 0 Å². The number of fused-ring (bicyclic) bond motifs is 1. The molecule has 0 N–H and O–H groups in total. The summed E-state index contributed by atoms with van der Waals surface area (Å²) in [7, 11) is 2.14. The summed E-state index contributed by atoms with van der Waals surface area (Å²) in [6, 6.07) is 6.64. The molecule has 0 bridgehead atoms. The molecule has 0 unspecified atom stereocenters. The second-order valence-electron chi connectivity index (χ2n) is 4.18. The highest BCUT2D eigenvalue weighted by atomic mass is 35.5. The van der Waals surface area contributed by atoms with Crippen molar-refractivity contribution in [3.8, 4) is 0 Å². The molecule has 15 heavy (non-hydrogen) atoms. The Labute approximate surface area is 96.4 Å². The van der Waals surface area contributed by atoms with Gasteiger partial charge in [0.05, 0.1) is 0 Å². The van der Waals surface area contributed by atoms with E-state index in [-0.39, 0.29) is 0 Å². The normalized spacial score (nSPS) is 15.7. The van der Waals surface area contributed by atoms with Crippen LogP contribution in [-0.2, 0) is 6.42 Å². The minimum atomic E-state index is 0.608. The van der Waals surface area contributed by atoms with Crippen LogP contribution in [-0.4, -0.2) is 19.5 Å². The fourth-order valence-electron chi connectivity index (χ4n) is 2.00. The van der Waals surface area contributed by atoms with E-state index in [0.717, 1.165) is 13.0 Å². The summed E-state index contributed by atoms with van der Waals surface area (Å²) >= 11 is 5.77. The van der Waals surface area contributed by atoms with E-state index < -0.39 is 0 Å². The molecule has 1 aromatic carbocycles. The topological polar surface area (TPSA) is 3.24 Å². The number of hydrogen-bond acceptors (Lipinski definition) is 1. The van der Waals surface area contributed by atoms with Gasteiger partial charge in [0.15, 0.2) is 0 Å². The molecule has 0 spiro atoms. The van der Waals surface area contributed by atoms with Crippen molar-refractivity contribution in [1.82, 2.24) is 0 Å².